The quantitative estimate of drug-likeness (QED) is 0.752. The van der Waals surface area contributed by atoms with Gasteiger partial charge in [-0.25, -0.2) is 4.79 Å². The molecule has 2 aliphatic rings. The van der Waals surface area contributed by atoms with Crippen LogP contribution in [0.5, 0.6) is 5.75 Å². The highest BCUT2D eigenvalue weighted by atomic mass is 16.5. The molecule has 0 radical (unpaired) electrons. The third kappa shape index (κ3) is 3.12. The van der Waals surface area contributed by atoms with Gasteiger partial charge >= 0.3 is 5.97 Å². The van der Waals surface area contributed by atoms with Gasteiger partial charge in [-0.2, -0.15) is 0 Å². The average molecular weight is 286 g/mol. The highest BCUT2D eigenvalue weighted by Gasteiger charge is 2.27. The number of unbranched alkanes of at least 4 members (excludes halogenated alkanes) is 1. The van der Waals surface area contributed by atoms with Gasteiger partial charge in [0.15, 0.2) is 0 Å². The van der Waals surface area contributed by atoms with Gasteiger partial charge in [0.05, 0.1) is 11.7 Å². The Morgan fingerprint density at radius 2 is 2.05 bits per heavy atom. The zero-order valence-electron chi connectivity index (χ0n) is 12.6. The van der Waals surface area contributed by atoms with Crippen LogP contribution in [0.4, 0.5) is 0 Å². The van der Waals surface area contributed by atoms with Gasteiger partial charge in [0.1, 0.15) is 11.5 Å². The molecule has 112 valence electrons. The van der Waals surface area contributed by atoms with Gasteiger partial charge in [-0.1, -0.05) is 19.8 Å². The standard InChI is InChI=1S/C18H22O3/c1-2-3-9-17-16-12-14(10-11-15(16)18(19)21-17)20-13-7-5-4-6-8-13/h9-13H,2-8H2,1H3/b17-9-. The summed E-state index contributed by atoms with van der Waals surface area (Å²) in [5, 5.41) is 0. The van der Waals surface area contributed by atoms with Crippen molar-refractivity contribution in [1.82, 2.24) is 0 Å². The van der Waals surface area contributed by atoms with Crippen LogP contribution in [0.25, 0.3) is 5.76 Å². The maximum Gasteiger partial charge on any atom is 0.344 e. The van der Waals surface area contributed by atoms with Crippen molar-refractivity contribution in [3.8, 4) is 5.75 Å². The summed E-state index contributed by atoms with van der Waals surface area (Å²) < 4.78 is 11.4. The fourth-order valence-electron chi connectivity index (χ4n) is 2.99. The van der Waals surface area contributed by atoms with Gasteiger partial charge in [-0.15, -0.1) is 0 Å². The third-order valence-electron chi connectivity index (χ3n) is 4.15. The molecular formula is C18H22O3. The average Bonchev–Trinajstić information content (AvgIpc) is 2.82. The van der Waals surface area contributed by atoms with Gasteiger partial charge in [0.2, 0.25) is 0 Å². The molecular weight excluding hydrogens is 264 g/mol. The van der Waals surface area contributed by atoms with E-state index in [0.717, 1.165) is 37.0 Å². The second-order valence-corrected chi connectivity index (χ2v) is 5.83. The van der Waals surface area contributed by atoms with Crippen LogP contribution >= 0.6 is 0 Å². The minimum absolute atomic E-state index is 0.253. The van der Waals surface area contributed by atoms with E-state index < -0.39 is 0 Å². The van der Waals surface area contributed by atoms with E-state index in [9.17, 15) is 4.79 Å². The van der Waals surface area contributed by atoms with Crippen LogP contribution in [-0.4, -0.2) is 12.1 Å². The predicted molar refractivity (Wildman–Crippen MR) is 82.2 cm³/mol. The van der Waals surface area contributed by atoms with Gasteiger partial charge < -0.3 is 9.47 Å². The van der Waals surface area contributed by atoms with Crippen molar-refractivity contribution in [2.24, 2.45) is 0 Å². The number of hydrogen-bond acceptors (Lipinski definition) is 3. The largest absolute Gasteiger partial charge is 0.490 e. The van der Waals surface area contributed by atoms with Crippen molar-refractivity contribution in [2.45, 2.75) is 58.0 Å². The Balaban J connectivity index is 1.80. The Hall–Kier alpha value is -1.77. The number of cyclic esters (lactones) is 1. The van der Waals surface area contributed by atoms with Crippen LogP contribution in [-0.2, 0) is 4.74 Å². The number of ether oxygens (including phenoxy) is 2. The maximum atomic E-state index is 11.8. The van der Waals surface area contributed by atoms with E-state index in [0.29, 0.717) is 17.4 Å². The second kappa shape index (κ2) is 6.33. The Bertz CT molecular complexity index is 554. The topological polar surface area (TPSA) is 35.5 Å². The van der Waals surface area contributed by atoms with Crippen molar-refractivity contribution < 1.29 is 14.3 Å². The Morgan fingerprint density at radius 1 is 1.24 bits per heavy atom. The molecule has 1 aliphatic heterocycles. The molecule has 0 saturated heterocycles. The molecule has 0 atom stereocenters. The highest BCUT2D eigenvalue weighted by Crippen LogP contribution is 2.34. The normalized spacial score (nSPS) is 20.4. The number of benzene rings is 1. The lowest BCUT2D eigenvalue weighted by atomic mass is 9.97. The lowest BCUT2D eigenvalue weighted by molar-refractivity contribution is 0.0715. The van der Waals surface area contributed by atoms with E-state index in [4.69, 9.17) is 9.47 Å². The number of fused-ring (bicyclic) bond motifs is 1. The summed E-state index contributed by atoms with van der Waals surface area (Å²) in [6, 6.07) is 5.66. The molecule has 3 nitrogen and oxygen atoms in total. The smallest absolute Gasteiger partial charge is 0.344 e. The van der Waals surface area contributed by atoms with Crippen LogP contribution in [0.3, 0.4) is 0 Å². The van der Waals surface area contributed by atoms with E-state index in [1.807, 2.05) is 24.3 Å². The Labute approximate surface area is 125 Å². The minimum atomic E-state index is -0.253. The number of hydrogen-bond donors (Lipinski definition) is 0. The van der Waals surface area contributed by atoms with E-state index in [2.05, 4.69) is 6.92 Å². The number of esters is 1. The van der Waals surface area contributed by atoms with Crippen molar-refractivity contribution in [3.63, 3.8) is 0 Å². The van der Waals surface area contributed by atoms with Crippen LogP contribution in [0.2, 0.25) is 0 Å². The molecule has 1 aromatic rings. The molecule has 3 rings (SSSR count). The van der Waals surface area contributed by atoms with Gasteiger partial charge in [0.25, 0.3) is 0 Å². The molecule has 1 aromatic carbocycles. The molecule has 0 spiro atoms. The summed E-state index contributed by atoms with van der Waals surface area (Å²) in [5.41, 5.74) is 1.52. The number of carbonyl (C=O) groups is 1. The Kier molecular flexibility index (Phi) is 4.28. The minimum Gasteiger partial charge on any atom is -0.490 e. The van der Waals surface area contributed by atoms with Crippen molar-refractivity contribution in [3.05, 3.63) is 35.4 Å². The van der Waals surface area contributed by atoms with Crippen molar-refractivity contribution in [1.29, 1.82) is 0 Å². The molecule has 1 saturated carbocycles. The number of rotatable bonds is 4. The highest BCUT2D eigenvalue weighted by molar-refractivity contribution is 6.03. The summed E-state index contributed by atoms with van der Waals surface area (Å²) in [7, 11) is 0. The number of allylic oxidation sites excluding steroid dienone is 1. The van der Waals surface area contributed by atoms with E-state index >= 15 is 0 Å². The summed E-state index contributed by atoms with van der Waals surface area (Å²) in [5.74, 6) is 1.28. The van der Waals surface area contributed by atoms with E-state index in [1.165, 1.54) is 19.3 Å². The zero-order chi connectivity index (χ0) is 14.7. The first-order chi connectivity index (χ1) is 10.3. The molecule has 0 amide bonds. The summed E-state index contributed by atoms with van der Waals surface area (Å²) in [6.07, 6.45) is 10.3. The number of carbonyl (C=O) groups excluding carboxylic acids is 1. The van der Waals surface area contributed by atoms with Crippen LogP contribution in [0, 0.1) is 0 Å². The molecule has 1 aliphatic carbocycles. The summed E-state index contributed by atoms with van der Waals surface area (Å²) in [6.45, 7) is 2.11. The summed E-state index contributed by atoms with van der Waals surface area (Å²) >= 11 is 0. The molecule has 0 N–H and O–H groups in total. The fraction of sp³-hybridized carbons (Fsp3) is 0.500. The summed E-state index contributed by atoms with van der Waals surface area (Å²) in [4.78, 5) is 11.8. The van der Waals surface area contributed by atoms with Crippen molar-refractivity contribution >= 4 is 11.7 Å². The molecule has 0 bridgehead atoms. The first-order valence-electron chi connectivity index (χ1n) is 8.01. The molecule has 0 unspecified atom stereocenters. The van der Waals surface area contributed by atoms with Gasteiger partial charge in [0, 0.05) is 5.56 Å². The SMILES string of the molecule is CCC/C=C1\OC(=O)c2ccc(OC3CCCCC3)cc21. The van der Waals surface area contributed by atoms with Gasteiger partial charge in [-0.05, 0) is 56.4 Å². The maximum absolute atomic E-state index is 11.8. The molecule has 21 heavy (non-hydrogen) atoms. The fourth-order valence-corrected chi connectivity index (χ4v) is 2.99. The molecule has 1 fully saturated rings. The monoisotopic (exact) mass is 286 g/mol. The molecule has 1 heterocycles. The molecule has 3 heteroatoms. The molecule has 0 aromatic heterocycles. The third-order valence-corrected chi connectivity index (χ3v) is 4.15. The second-order valence-electron chi connectivity index (χ2n) is 5.83. The van der Waals surface area contributed by atoms with Gasteiger partial charge in [-0.3, -0.25) is 0 Å². The lowest BCUT2D eigenvalue weighted by Gasteiger charge is -2.23. The van der Waals surface area contributed by atoms with Crippen LogP contribution < -0.4 is 4.74 Å². The zero-order valence-corrected chi connectivity index (χ0v) is 12.6. The van der Waals surface area contributed by atoms with E-state index in [-0.39, 0.29) is 5.97 Å². The first-order valence-corrected chi connectivity index (χ1v) is 8.01. The lowest BCUT2D eigenvalue weighted by Crippen LogP contribution is -2.19. The first kappa shape index (κ1) is 14.2. The van der Waals surface area contributed by atoms with Crippen LogP contribution in [0.1, 0.15) is 67.8 Å². The Morgan fingerprint density at radius 3 is 2.81 bits per heavy atom. The van der Waals surface area contributed by atoms with Crippen LogP contribution in [0.15, 0.2) is 24.3 Å². The van der Waals surface area contributed by atoms with E-state index in [1.54, 1.807) is 0 Å². The predicted octanol–water partition coefficient (Wildman–Crippen LogP) is 4.71. The van der Waals surface area contributed by atoms with Crippen molar-refractivity contribution in [2.75, 3.05) is 0 Å².